The normalized spacial score (nSPS) is 12.4. The van der Waals surface area contributed by atoms with Gasteiger partial charge in [-0.25, -0.2) is 24.5 Å². The van der Waals surface area contributed by atoms with Gasteiger partial charge in [0.2, 0.25) is 17.8 Å². The SMILES string of the molecule is CN(C)C(=O)[C@@H](CCCCN(C(=N)NC(=O)OC(C)(C)C)C(=O)OC(C)(C)C)NC(=O)[C@@H](CCc1ccc(CCCCNC(=N)NC(=O)c2nc(Cl)c(N)nc2N)cc1)N(C)C. The predicted octanol–water partition coefficient (Wildman–Crippen LogP) is 3.87. The van der Waals surface area contributed by atoms with Crippen molar-refractivity contribution in [1.29, 1.82) is 10.8 Å². The number of hydrogen-bond donors (Lipinski definition) is 8. The van der Waals surface area contributed by atoms with E-state index in [2.05, 4.69) is 31.2 Å². The standard InChI is InChI=1S/C41H66ClN13O7/c1-40(2,3)61-38(59)52-37(46)55(39(60)62-41(4,5)6)24-14-12-16-27(35(58)54(9)10)48-33(56)28(53(7)8)22-21-26-19-17-25(18-20-26)15-11-13-23-47-36(45)51-34(57)29-31(43)50-32(44)30(42)49-29/h17-20,27-28H,11-16,21-24H2,1-10H3,(H,48,56)(H4,43,44,50)(H2,46,52,59)(H3,45,47,51,57)/t27-,28-/m1/s1. The average molecular weight is 889 g/mol. The molecule has 1 heterocycles. The van der Waals surface area contributed by atoms with Crippen molar-refractivity contribution in [3.63, 3.8) is 0 Å². The molecule has 0 bridgehead atoms. The summed E-state index contributed by atoms with van der Waals surface area (Å²) in [4.78, 5) is 76.6. The second-order valence-corrected chi connectivity index (χ2v) is 17.4. The lowest BCUT2D eigenvalue weighted by atomic mass is 10.0. The molecule has 5 amide bonds. The summed E-state index contributed by atoms with van der Waals surface area (Å²) in [6.07, 6.45) is 2.74. The third kappa shape index (κ3) is 18.9. The summed E-state index contributed by atoms with van der Waals surface area (Å²) in [5, 5.41) is 26.7. The van der Waals surface area contributed by atoms with Crippen LogP contribution in [0.15, 0.2) is 24.3 Å². The van der Waals surface area contributed by atoms with Crippen LogP contribution in [0.5, 0.6) is 0 Å². The molecule has 0 unspecified atom stereocenters. The number of anilines is 2. The molecule has 0 aliphatic carbocycles. The van der Waals surface area contributed by atoms with Crippen LogP contribution >= 0.6 is 11.6 Å². The highest BCUT2D eigenvalue weighted by molar-refractivity contribution is 6.31. The molecule has 0 aliphatic heterocycles. The highest BCUT2D eigenvalue weighted by Gasteiger charge is 2.30. The molecule has 1 aromatic heterocycles. The molecule has 1 aromatic carbocycles. The molecular formula is C41H66ClN13O7. The minimum atomic E-state index is -0.892. The molecule has 344 valence electrons. The number of nitrogen functional groups attached to an aromatic ring is 2. The largest absolute Gasteiger partial charge is 0.444 e. The number of nitrogens with two attached hydrogens (primary N) is 2. The smallest absolute Gasteiger partial charge is 0.417 e. The first-order chi connectivity index (χ1) is 28.8. The third-order valence-corrected chi connectivity index (χ3v) is 9.17. The van der Waals surface area contributed by atoms with Crippen LogP contribution in [0.4, 0.5) is 21.2 Å². The van der Waals surface area contributed by atoms with Crippen molar-refractivity contribution >= 4 is 65.1 Å². The number of carbonyl (C=O) groups is 5. The number of guanidine groups is 2. The molecule has 0 spiro atoms. The van der Waals surface area contributed by atoms with Gasteiger partial charge in [-0.1, -0.05) is 35.9 Å². The first kappa shape index (κ1) is 52.4. The summed E-state index contributed by atoms with van der Waals surface area (Å²) in [6.45, 7) is 10.6. The van der Waals surface area contributed by atoms with E-state index in [1.807, 2.05) is 43.3 Å². The number of nitrogens with zero attached hydrogens (tertiary/aromatic N) is 5. The van der Waals surface area contributed by atoms with E-state index in [1.165, 1.54) is 4.90 Å². The molecule has 2 aromatic rings. The van der Waals surface area contributed by atoms with E-state index >= 15 is 0 Å². The number of halogens is 1. The van der Waals surface area contributed by atoms with Crippen LogP contribution in [-0.4, -0.2) is 131 Å². The van der Waals surface area contributed by atoms with E-state index in [1.54, 1.807) is 55.6 Å². The van der Waals surface area contributed by atoms with Crippen molar-refractivity contribution in [2.45, 2.75) is 116 Å². The fourth-order valence-corrected chi connectivity index (χ4v) is 5.95. The maximum Gasteiger partial charge on any atom is 0.417 e. The number of aryl methyl sites for hydroxylation is 2. The Balaban J connectivity index is 1.91. The minimum Gasteiger partial charge on any atom is -0.444 e. The maximum absolute atomic E-state index is 13.7. The van der Waals surface area contributed by atoms with E-state index in [4.69, 9.17) is 43.4 Å². The Morgan fingerprint density at radius 3 is 1.95 bits per heavy atom. The number of aromatic nitrogens is 2. The van der Waals surface area contributed by atoms with E-state index in [0.29, 0.717) is 32.2 Å². The van der Waals surface area contributed by atoms with E-state index < -0.39 is 47.3 Å². The molecular weight excluding hydrogens is 822 g/mol. The molecule has 0 aliphatic rings. The van der Waals surface area contributed by atoms with E-state index in [9.17, 15) is 24.0 Å². The lowest BCUT2D eigenvalue weighted by molar-refractivity contribution is -0.136. The fourth-order valence-electron chi connectivity index (χ4n) is 5.83. The number of ether oxygens (including phenoxy) is 2. The van der Waals surface area contributed by atoms with Gasteiger partial charge < -0.3 is 36.5 Å². The monoisotopic (exact) mass is 887 g/mol. The Morgan fingerprint density at radius 1 is 0.790 bits per heavy atom. The molecule has 62 heavy (non-hydrogen) atoms. The van der Waals surface area contributed by atoms with Gasteiger partial charge in [-0.2, -0.15) is 0 Å². The maximum atomic E-state index is 13.7. The van der Waals surface area contributed by atoms with Gasteiger partial charge in [0, 0.05) is 27.2 Å². The van der Waals surface area contributed by atoms with Crippen LogP contribution in [0.1, 0.15) is 102 Å². The van der Waals surface area contributed by atoms with Gasteiger partial charge in [0.25, 0.3) is 5.91 Å². The van der Waals surface area contributed by atoms with E-state index in [-0.39, 0.29) is 53.2 Å². The molecule has 0 fully saturated rings. The summed E-state index contributed by atoms with van der Waals surface area (Å²) in [7, 11) is 6.85. The first-order valence-electron chi connectivity index (χ1n) is 20.3. The number of unbranched alkanes of at least 4 members (excludes halogenated alkanes) is 2. The van der Waals surface area contributed by atoms with E-state index in [0.717, 1.165) is 35.3 Å². The topological polar surface area (TPSA) is 287 Å². The third-order valence-electron chi connectivity index (χ3n) is 8.89. The van der Waals surface area contributed by atoms with Gasteiger partial charge in [0.05, 0.1) is 6.04 Å². The zero-order valence-corrected chi connectivity index (χ0v) is 38.4. The Labute approximate surface area is 369 Å². The van der Waals surface area contributed by atoms with Crippen LogP contribution in [0.3, 0.4) is 0 Å². The van der Waals surface area contributed by atoms with Crippen LogP contribution in [0.25, 0.3) is 0 Å². The fraction of sp³-hybridized carbons (Fsp3) is 0.585. The summed E-state index contributed by atoms with van der Waals surface area (Å²) in [5.74, 6) is -2.33. The second-order valence-electron chi connectivity index (χ2n) is 17.1. The van der Waals surface area contributed by atoms with Gasteiger partial charge in [0.1, 0.15) is 17.2 Å². The van der Waals surface area contributed by atoms with Gasteiger partial charge in [-0.3, -0.25) is 40.7 Å². The summed E-state index contributed by atoms with van der Waals surface area (Å²) in [6, 6.07) is 6.79. The lowest BCUT2D eigenvalue weighted by Crippen LogP contribution is -2.52. The average Bonchev–Trinajstić information content (AvgIpc) is 3.14. The van der Waals surface area contributed by atoms with Crippen LogP contribution in [-0.2, 0) is 31.9 Å². The number of carbonyl (C=O) groups excluding carboxylic acids is 5. The molecule has 0 saturated carbocycles. The highest BCUT2D eigenvalue weighted by atomic mass is 35.5. The number of likely N-dealkylation sites (N-methyl/N-ethyl adjacent to an activating group) is 2. The minimum absolute atomic E-state index is 0.000397. The van der Waals surface area contributed by atoms with Crippen LogP contribution in [0, 0.1) is 10.8 Å². The van der Waals surface area contributed by atoms with Crippen molar-refractivity contribution < 1.29 is 33.4 Å². The predicted molar refractivity (Wildman–Crippen MR) is 239 cm³/mol. The first-order valence-corrected chi connectivity index (χ1v) is 20.7. The van der Waals surface area contributed by atoms with Gasteiger partial charge >= 0.3 is 12.2 Å². The summed E-state index contributed by atoms with van der Waals surface area (Å²) in [5.41, 5.74) is 11.5. The number of amides is 5. The second kappa shape index (κ2) is 24.0. The summed E-state index contributed by atoms with van der Waals surface area (Å²) < 4.78 is 10.7. The van der Waals surface area contributed by atoms with Crippen molar-refractivity contribution in [1.82, 2.24) is 45.9 Å². The molecule has 0 saturated heterocycles. The molecule has 2 rings (SSSR count). The number of rotatable bonds is 18. The molecule has 21 heteroatoms. The van der Waals surface area contributed by atoms with Crippen LogP contribution < -0.4 is 32.7 Å². The Hall–Kier alpha value is -5.76. The molecule has 10 N–H and O–H groups in total. The highest BCUT2D eigenvalue weighted by Crippen LogP contribution is 2.18. The molecule has 20 nitrogen and oxygen atoms in total. The quantitative estimate of drug-likeness (QED) is 0.0600. The Kier molecular flexibility index (Phi) is 20.3. The van der Waals surface area contributed by atoms with Gasteiger partial charge in [-0.15, -0.1) is 0 Å². The Bertz CT molecular complexity index is 1880. The number of hydrogen-bond acceptors (Lipinski definition) is 14. The molecule has 0 radical (unpaired) electrons. The number of alkyl carbamates (subject to hydrolysis) is 1. The van der Waals surface area contributed by atoms with Crippen molar-refractivity contribution in [2.24, 2.45) is 0 Å². The zero-order chi connectivity index (χ0) is 46.9. The lowest BCUT2D eigenvalue weighted by Gasteiger charge is -2.29. The number of benzene rings is 1. The van der Waals surface area contributed by atoms with Gasteiger partial charge in [-0.05, 0) is 118 Å². The van der Waals surface area contributed by atoms with Crippen molar-refractivity contribution in [2.75, 3.05) is 52.7 Å². The Morgan fingerprint density at radius 2 is 1.39 bits per heavy atom. The van der Waals surface area contributed by atoms with Gasteiger partial charge in [0.15, 0.2) is 28.4 Å². The number of nitrogens with one attached hydrogen (secondary N) is 6. The van der Waals surface area contributed by atoms with Crippen molar-refractivity contribution in [3.05, 3.63) is 46.2 Å². The molecule has 2 atom stereocenters. The van der Waals surface area contributed by atoms with Crippen LogP contribution in [0.2, 0.25) is 5.15 Å². The van der Waals surface area contributed by atoms with Crippen molar-refractivity contribution in [3.8, 4) is 0 Å². The zero-order valence-electron chi connectivity index (χ0n) is 37.7. The summed E-state index contributed by atoms with van der Waals surface area (Å²) >= 11 is 5.84.